The van der Waals surface area contributed by atoms with Crippen LogP contribution in [0.25, 0.3) is 0 Å². The van der Waals surface area contributed by atoms with E-state index in [1.165, 1.54) is 5.56 Å². The van der Waals surface area contributed by atoms with Gasteiger partial charge in [-0.2, -0.15) is 0 Å². The lowest BCUT2D eigenvalue weighted by Gasteiger charge is -2.21. The lowest BCUT2D eigenvalue weighted by atomic mass is 9.86. The van der Waals surface area contributed by atoms with E-state index < -0.39 is 0 Å². The summed E-state index contributed by atoms with van der Waals surface area (Å²) in [7, 11) is 0. The summed E-state index contributed by atoms with van der Waals surface area (Å²) in [5.41, 5.74) is 2.93. The van der Waals surface area contributed by atoms with Crippen molar-refractivity contribution in [3.8, 4) is 0 Å². The van der Waals surface area contributed by atoms with Crippen LogP contribution in [0, 0.1) is 0 Å². The molecule has 2 aromatic rings. The molecule has 2 nitrogen and oxygen atoms in total. The maximum absolute atomic E-state index is 12.4. The highest BCUT2D eigenvalue weighted by atomic mass is 79.9. The van der Waals surface area contributed by atoms with Crippen LogP contribution in [0.1, 0.15) is 55.2 Å². The van der Waals surface area contributed by atoms with E-state index in [0.717, 1.165) is 10.0 Å². The Morgan fingerprint density at radius 2 is 1.74 bits per heavy atom. The fraction of sp³-hybridized carbons (Fsp3) is 0.316. The van der Waals surface area contributed by atoms with Gasteiger partial charge in [0.25, 0.3) is 5.91 Å². The molecule has 0 unspecified atom stereocenters. The minimum absolute atomic E-state index is 0.0911. The quantitative estimate of drug-likeness (QED) is 0.691. The average molecular weight is 395 g/mol. The molecule has 0 aromatic heterocycles. The van der Waals surface area contributed by atoms with Gasteiger partial charge in [-0.05, 0) is 41.7 Å². The van der Waals surface area contributed by atoms with Gasteiger partial charge in [0, 0.05) is 4.47 Å². The van der Waals surface area contributed by atoms with Crippen LogP contribution in [0.15, 0.2) is 46.9 Å². The van der Waals surface area contributed by atoms with Gasteiger partial charge >= 0.3 is 0 Å². The molecule has 2 rings (SSSR count). The van der Waals surface area contributed by atoms with Crippen molar-refractivity contribution < 1.29 is 4.79 Å². The summed E-state index contributed by atoms with van der Waals surface area (Å²) in [6.45, 7) is 8.52. The van der Waals surface area contributed by atoms with E-state index in [0.29, 0.717) is 10.6 Å². The molecule has 1 N–H and O–H groups in total. The van der Waals surface area contributed by atoms with Gasteiger partial charge in [0.2, 0.25) is 0 Å². The van der Waals surface area contributed by atoms with Crippen molar-refractivity contribution in [3.05, 3.63) is 68.7 Å². The van der Waals surface area contributed by atoms with Gasteiger partial charge in [-0.3, -0.25) is 4.79 Å². The fourth-order valence-electron chi connectivity index (χ4n) is 2.30. The number of halogens is 2. The minimum atomic E-state index is -0.177. The van der Waals surface area contributed by atoms with Crippen LogP contribution in [0.4, 0.5) is 0 Å². The first-order valence-corrected chi connectivity index (χ1v) is 8.72. The lowest BCUT2D eigenvalue weighted by Crippen LogP contribution is -2.27. The Bertz CT molecular complexity index is 704. The lowest BCUT2D eigenvalue weighted by molar-refractivity contribution is 0.0940. The Hall–Kier alpha value is -1.32. The van der Waals surface area contributed by atoms with Crippen LogP contribution in [-0.4, -0.2) is 5.91 Å². The van der Waals surface area contributed by atoms with Gasteiger partial charge < -0.3 is 5.32 Å². The molecule has 1 amide bonds. The summed E-state index contributed by atoms with van der Waals surface area (Å²) in [6, 6.07) is 13.5. The van der Waals surface area contributed by atoms with Crippen LogP contribution in [-0.2, 0) is 5.41 Å². The van der Waals surface area contributed by atoms with Crippen LogP contribution >= 0.6 is 27.5 Å². The number of carbonyl (C=O) groups excluding carboxylic acids is 1. The van der Waals surface area contributed by atoms with Crippen molar-refractivity contribution in [1.29, 1.82) is 0 Å². The maximum atomic E-state index is 12.4. The summed E-state index contributed by atoms with van der Waals surface area (Å²) in [6.07, 6.45) is 0. The summed E-state index contributed by atoms with van der Waals surface area (Å²) >= 11 is 9.47. The highest BCUT2D eigenvalue weighted by Gasteiger charge is 2.16. The van der Waals surface area contributed by atoms with E-state index in [2.05, 4.69) is 66.3 Å². The summed E-state index contributed by atoms with van der Waals surface area (Å²) < 4.78 is 0.828. The molecule has 122 valence electrons. The molecule has 4 heteroatoms. The molecule has 0 spiro atoms. The van der Waals surface area contributed by atoms with E-state index >= 15 is 0 Å². The standard InChI is InChI=1S/C19H21BrClNO/c1-12(13-5-7-14(8-6-13)19(2,3)4)22-18(23)16-11-15(20)9-10-17(16)21/h5-12H,1-4H3,(H,22,23)/t12-/m1/s1. The molecule has 0 saturated heterocycles. The average Bonchev–Trinajstić information content (AvgIpc) is 2.48. The van der Waals surface area contributed by atoms with Crippen molar-refractivity contribution in [2.45, 2.75) is 39.2 Å². The van der Waals surface area contributed by atoms with Crippen molar-refractivity contribution >= 4 is 33.4 Å². The number of nitrogens with one attached hydrogen (secondary N) is 1. The molecular weight excluding hydrogens is 374 g/mol. The van der Waals surface area contributed by atoms with Gasteiger partial charge in [-0.25, -0.2) is 0 Å². The van der Waals surface area contributed by atoms with Crippen LogP contribution in [0.3, 0.4) is 0 Å². The van der Waals surface area contributed by atoms with Gasteiger partial charge in [0.05, 0.1) is 16.6 Å². The number of rotatable bonds is 3. The normalized spacial score (nSPS) is 12.8. The number of amides is 1. The fourth-order valence-corrected chi connectivity index (χ4v) is 2.87. The topological polar surface area (TPSA) is 29.1 Å². The van der Waals surface area contributed by atoms with Gasteiger partial charge in [-0.15, -0.1) is 0 Å². The molecule has 2 aromatic carbocycles. The van der Waals surface area contributed by atoms with Crippen LogP contribution in [0.5, 0.6) is 0 Å². The predicted molar refractivity (Wildman–Crippen MR) is 100 cm³/mol. The molecule has 0 aliphatic rings. The second-order valence-corrected chi connectivity index (χ2v) is 8.01. The number of hydrogen-bond acceptors (Lipinski definition) is 1. The zero-order chi connectivity index (χ0) is 17.2. The second-order valence-electron chi connectivity index (χ2n) is 6.69. The van der Waals surface area contributed by atoms with E-state index in [-0.39, 0.29) is 17.4 Å². The van der Waals surface area contributed by atoms with Crippen LogP contribution in [0.2, 0.25) is 5.02 Å². The number of hydrogen-bond donors (Lipinski definition) is 1. The van der Waals surface area contributed by atoms with Crippen molar-refractivity contribution in [1.82, 2.24) is 5.32 Å². The molecular formula is C19H21BrClNO. The van der Waals surface area contributed by atoms with Crippen molar-refractivity contribution in [2.24, 2.45) is 0 Å². The van der Waals surface area contributed by atoms with E-state index in [4.69, 9.17) is 11.6 Å². The molecule has 23 heavy (non-hydrogen) atoms. The highest BCUT2D eigenvalue weighted by Crippen LogP contribution is 2.25. The highest BCUT2D eigenvalue weighted by molar-refractivity contribution is 9.10. The summed E-state index contributed by atoms with van der Waals surface area (Å²) in [4.78, 5) is 12.4. The maximum Gasteiger partial charge on any atom is 0.253 e. The van der Waals surface area contributed by atoms with Gasteiger partial charge in [0.15, 0.2) is 0 Å². The molecule has 0 radical (unpaired) electrons. The summed E-state index contributed by atoms with van der Waals surface area (Å²) in [5.74, 6) is -0.177. The third-order valence-corrected chi connectivity index (χ3v) is 4.62. The zero-order valence-corrected chi connectivity index (χ0v) is 16.1. The third kappa shape index (κ3) is 4.58. The number of carbonyl (C=O) groups is 1. The van der Waals surface area contributed by atoms with E-state index in [9.17, 15) is 4.79 Å². The Labute approximate surface area is 151 Å². The molecule has 0 bridgehead atoms. The monoisotopic (exact) mass is 393 g/mol. The molecule has 0 aliphatic heterocycles. The number of benzene rings is 2. The Kier molecular flexibility index (Phi) is 5.53. The van der Waals surface area contributed by atoms with Crippen molar-refractivity contribution in [3.63, 3.8) is 0 Å². The molecule has 0 fully saturated rings. The molecule has 0 saturated carbocycles. The van der Waals surface area contributed by atoms with Gasteiger partial charge in [-0.1, -0.05) is 72.6 Å². The van der Waals surface area contributed by atoms with Crippen molar-refractivity contribution in [2.75, 3.05) is 0 Å². The molecule has 1 atom stereocenters. The van der Waals surface area contributed by atoms with E-state index in [1.54, 1.807) is 12.1 Å². The zero-order valence-electron chi connectivity index (χ0n) is 13.8. The second kappa shape index (κ2) is 7.06. The minimum Gasteiger partial charge on any atom is -0.345 e. The SMILES string of the molecule is C[C@@H](NC(=O)c1cc(Br)ccc1Cl)c1ccc(C(C)(C)C)cc1. The molecule has 0 aliphatic carbocycles. The first-order chi connectivity index (χ1) is 10.7. The Morgan fingerprint density at radius 1 is 1.13 bits per heavy atom. The summed E-state index contributed by atoms with van der Waals surface area (Å²) in [5, 5.41) is 3.44. The van der Waals surface area contributed by atoms with Crippen LogP contribution < -0.4 is 5.32 Å². The third-order valence-electron chi connectivity index (χ3n) is 3.80. The van der Waals surface area contributed by atoms with E-state index in [1.807, 2.05) is 13.0 Å². The largest absolute Gasteiger partial charge is 0.345 e. The smallest absolute Gasteiger partial charge is 0.253 e. The Balaban J connectivity index is 2.14. The first kappa shape index (κ1) is 18.0. The van der Waals surface area contributed by atoms with Gasteiger partial charge in [0.1, 0.15) is 0 Å². The predicted octanol–water partition coefficient (Wildman–Crippen LogP) is 5.89. The Morgan fingerprint density at radius 3 is 2.30 bits per heavy atom. The molecule has 0 heterocycles. The first-order valence-electron chi connectivity index (χ1n) is 7.55.